The van der Waals surface area contributed by atoms with E-state index in [0.717, 1.165) is 4.31 Å². The summed E-state index contributed by atoms with van der Waals surface area (Å²) in [6.45, 7) is 4.74. The van der Waals surface area contributed by atoms with Crippen LogP contribution in [-0.4, -0.2) is 58.0 Å². The van der Waals surface area contributed by atoms with Crippen LogP contribution in [-0.2, 0) is 26.2 Å². The second kappa shape index (κ2) is 14.6. The number of amides is 2. The predicted octanol–water partition coefficient (Wildman–Crippen LogP) is 5.54. The molecule has 9 nitrogen and oxygen atoms in total. The number of carbonyl (C=O) groups excluding carboxylic acids is 2. The minimum atomic E-state index is -4.29. The number of anilines is 1. The van der Waals surface area contributed by atoms with E-state index in [-0.39, 0.29) is 41.2 Å². The number of hydrogen-bond acceptors (Lipinski definition) is 6. The number of para-hydroxylation sites is 2. The van der Waals surface area contributed by atoms with Gasteiger partial charge in [0.25, 0.3) is 10.0 Å². The molecule has 226 valence electrons. The number of ether oxygens (including phenoxy) is 2. The molecule has 42 heavy (non-hydrogen) atoms. The first-order valence-electron chi connectivity index (χ1n) is 13.3. The number of carbonyl (C=O) groups is 2. The van der Waals surface area contributed by atoms with Crippen LogP contribution in [0.4, 0.5) is 5.69 Å². The van der Waals surface area contributed by atoms with E-state index < -0.39 is 28.5 Å². The van der Waals surface area contributed by atoms with E-state index in [9.17, 15) is 18.0 Å². The number of nitrogens with zero attached hydrogens (tertiary/aromatic N) is 2. The van der Waals surface area contributed by atoms with Gasteiger partial charge in [-0.05, 0) is 74.4 Å². The average molecular weight is 637 g/mol. The minimum absolute atomic E-state index is 0.0544. The molecule has 0 fully saturated rings. The molecular weight excluding hydrogens is 601 g/mol. The van der Waals surface area contributed by atoms with Gasteiger partial charge in [-0.25, -0.2) is 8.42 Å². The van der Waals surface area contributed by atoms with Crippen molar-refractivity contribution < 1.29 is 27.5 Å². The third-order valence-corrected chi connectivity index (χ3v) is 8.81. The normalized spacial score (nSPS) is 12.0. The third kappa shape index (κ3) is 7.87. The molecule has 0 aliphatic carbocycles. The topological polar surface area (TPSA) is 105 Å². The molecule has 0 heterocycles. The first kappa shape index (κ1) is 33.0. The van der Waals surface area contributed by atoms with Crippen molar-refractivity contribution >= 4 is 50.7 Å². The molecule has 1 atom stereocenters. The van der Waals surface area contributed by atoms with Crippen LogP contribution in [0, 0.1) is 0 Å². The van der Waals surface area contributed by atoms with Gasteiger partial charge in [-0.2, -0.15) is 0 Å². The highest BCUT2D eigenvalue weighted by molar-refractivity contribution is 7.92. The summed E-state index contributed by atoms with van der Waals surface area (Å²) in [5.74, 6) is -0.260. The Balaban J connectivity index is 2.12. The Bertz CT molecular complexity index is 1500. The zero-order valence-electron chi connectivity index (χ0n) is 24.1. The van der Waals surface area contributed by atoms with E-state index in [0.29, 0.717) is 21.4 Å². The summed E-state index contributed by atoms with van der Waals surface area (Å²) in [5.41, 5.74) is 0.709. The van der Waals surface area contributed by atoms with Gasteiger partial charge in [0.2, 0.25) is 11.8 Å². The molecule has 12 heteroatoms. The van der Waals surface area contributed by atoms with Crippen molar-refractivity contribution in [2.24, 2.45) is 0 Å². The lowest BCUT2D eigenvalue weighted by atomic mass is 10.1. The Morgan fingerprint density at radius 3 is 2.19 bits per heavy atom. The molecule has 0 spiro atoms. The quantitative estimate of drug-likeness (QED) is 0.264. The molecule has 1 N–H and O–H groups in total. The van der Waals surface area contributed by atoms with Crippen LogP contribution in [0.1, 0.15) is 32.8 Å². The number of benzene rings is 3. The highest BCUT2D eigenvalue weighted by Gasteiger charge is 2.35. The van der Waals surface area contributed by atoms with E-state index in [1.807, 2.05) is 13.8 Å². The molecular formula is C30H35Cl2N3O6S. The molecule has 0 saturated heterocycles. The van der Waals surface area contributed by atoms with Gasteiger partial charge in [-0.3, -0.25) is 13.9 Å². The van der Waals surface area contributed by atoms with Gasteiger partial charge in [0.1, 0.15) is 24.1 Å². The van der Waals surface area contributed by atoms with Crippen LogP contribution >= 0.6 is 23.2 Å². The van der Waals surface area contributed by atoms with Gasteiger partial charge in [-0.15, -0.1) is 0 Å². The summed E-state index contributed by atoms with van der Waals surface area (Å²) >= 11 is 12.5. The summed E-state index contributed by atoms with van der Waals surface area (Å²) < 4.78 is 39.8. The van der Waals surface area contributed by atoms with Gasteiger partial charge in [0, 0.05) is 22.6 Å². The van der Waals surface area contributed by atoms with Crippen LogP contribution in [0.5, 0.6) is 11.5 Å². The lowest BCUT2D eigenvalue weighted by Gasteiger charge is -2.34. The zero-order chi connectivity index (χ0) is 31.0. The van der Waals surface area contributed by atoms with E-state index in [1.54, 1.807) is 49.4 Å². The fourth-order valence-electron chi connectivity index (χ4n) is 4.36. The number of nitrogens with one attached hydrogen (secondary N) is 1. The number of hydrogen-bond donors (Lipinski definition) is 1. The molecule has 3 aromatic rings. The lowest BCUT2D eigenvalue weighted by Crippen LogP contribution is -2.53. The maximum atomic E-state index is 14.2. The summed E-state index contributed by atoms with van der Waals surface area (Å²) in [5, 5.41) is 3.59. The summed E-state index contributed by atoms with van der Waals surface area (Å²) in [4.78, 5) is 28.7. The van der Waals surface area contributed by atoms with Crippen molar-refractivity contribution in [3.63, 3.8) is 0 Å². The molecule has 0 bridgehead atoms. The molecule has 3 aromatic carbocycles. The standard InChI is InChI=1S/C30H35Cl2N3O6S/c1-6-26(30(37)33-20(2)3)34(18-21-11-12-22(31)17-25(21)32)29(36)19-35(27-9-7-8-10-28(27)41-5)42(38,39)24-15-13-23(40-4)14-16-24/h7-17,20,26H,6,18-19H2,1-5H3,(H,33,37)/t26-/m0/s1. The highest BCUT2D eigenvalue weighted by Crippen LogP contribution is 2.33. The number of methoxy groups -OCH3 is 2. The van der Waals surface area contributed by atoms with Crippen molar-refractivity contribution in [2.75, 3.05) is 25.1 Å². The van der Waals surface area contributed by atoms with Crippen molar-refractivity contribution in [3.8, 4) is 11.5 Å². The average Bonchev–Trinajstić information content (AvgIpc) is 2.96. The van der Waals surface area contributed by atoms with Gasteiger partial charge < -0.3 is 19.7 Å². The van der Waals surface area contributed by atoms with Crippen LogP contribution < -0.4 is 19.1 Å². The fraction of sp³-hybridized carbons (Fsp3) is 0.333. The Morgan fingerprint density at radius 2 is 1.62 bits per heavy atom. The van der Waals surface area contributed by atoms with E-state index >= 15 is 0 Å². The number of halogens is 2. The maximum Gasteiger partial charge on any atom is 0.264 e. The monoisotopic (exact) mass is 635 g/mol. The van der Waals surface area contributed by atoms with Crippen molar-refractivity contribution in [1.29, 1.82) is 0 Å². The van der Waals surface area contributed by atoms with Crippen molar-refractivity contribution in [3.05, 3.63) is 82.3 Å². The van der Waals surface area contributed by atoms with E-state index in [1.165, 1.54) is 43.4 Å². The second-order valence-electron chi connectivity index (χ2n) is 9.70. The Kier molecular flexibility index (Phi) is 11.5. The summed E-state index contributed by atoms with van der Waals surface area (Å²) in [6.07, 6.45) is 0.273. The second-order valence-corrected chi connectivity index (χ2v) is 12.4. The molecule has 2 amide bonds. The Hall–Kier alpha value is -3.47. The first-order valence-corrected chi connectivity index (χ1v) is 15.5. The van der Waals surface area contributed by atoms with Crippen molar-refractivity contribution in [1.82, 2.24) is 10.2 Å². The molecule has 0 unspecified atom stereocenters. The van der Waals surface area contributed by atoms with Crippen LogP contribution in [0.25, 0.3) is 0 Å². The van der Waals surface area contributed by atoms with Crippen LogP contribution in [0.3, 0.4) is 0 Å². The van der Waals surface area contributed by atoms with Crippen molar-refractivity contribution in [2.45, 2.75) is 50.7 Å². The number of rotatable bonds is 13. The van der Waals surface area contributed by atoms with E-state index in [4.69, 9.17) is 32.7 Å². The first-order chi connectivity index (χ1) is 19.9. The minimum Gasteiger partial charge on any atom is -0.497 e. The van der Waals surface area contributed by atoms with Gasteiger partial charge in [0.05, 0.1) is 24.8 Å². The van der Waals surface area contributed by atoms with Gasteiger partial charge >= 0.3 is 0 Å². The molecule has 0 aliphatic heterocycles. The SMILES string of the molecule is CC[C@@H](C(=O)NC(C)C)N(Cc1ccc(Cl)cc1Cl)C(=O)CN(c1ccccc1OC)S(=O)(=O)c1ccc(OC)cc1. The fourth-order valence-corrected chi connectivity index (χ4v) is 6.25. The zero-order valence-corrected chi connectivity index (χ0v) is 26.5. The molecule has 0 aliphatic rings. The maximum absolute atomic E-state index is 14.2. The lowest BCUT2D eigenvalue weighted by molar-refractivity contribution is -0.140. The predicted molar refractivity (Wildman–Crippen MR) is 165 cm³/mol. The van der Waals surface area contributed by atoms with E-state index in [2.05, 4.69) is 5.32 Å². The third-order valence-electron chi connectivity index (χ3n) is 6.45. The molecule has 0 saturated carbocycles. The molecule has 0 aromatic heterocycles. The van der Waals surface area contributed by atoms with Gasteiger partial charge in [0.15, 0.2) is 0 Å². The van der Waals surface area contributed by atoms with Crippen LogP contribution in [0.2, 0.25) is 10.0 Å². The number of sulfonamides is 1. The Labute approximate surface area is 257 Å². The van der Waals surface area contributed by atoms with Gasteiger partial charge in [-0.1, -0.05) is 48.3 Å². The smallest absolute Gasteiger partial charge is 0.264 e. The summed E-state index contributed by atoms with van der Waals surface area (Å²) in [7, 11) is -1.40. The molecule has 0 radical (unpaired) electrons. The highest BCUT2D eigenvalue weighted by atomic mass is 35.5. The Morgan fingerprint density at radius 1 is 0.952 bits per heavy atom. The molecule has 3 rings (SSSR count). The largest absolute Gasteiger partial charge is 0.497 e. The summed E-state index contributed by atoms with van der Waals surface area (Å²) in [6, 6.07) is 16.1. The van der Waals surface area contributed by atoms with Crippen LogP contribution in [0.15, 0.2) is 71.6 Å².